The minimum atomic E-state index is -0.826. The summed E-state index contributed by atoms with van der Waals surface area (Å²) >= 11 is -0.826. The summed E-state index contributed by atoms with van der Waals surface area (Å²) in [4.78, 5) is 0. The van der Waals surface area contributed by atoms with E-state index in [9.17, 15) is 0 Å². The van der Waals surface area contributed by atoms with Crippen molar-refractivity contribution < 1.29 is 20.8 Å². The molecule has 0 aliphatic heterocycles. The average molecular weight is 561 g/mol. The van der Waals surface area contributed by atoms with E-state index in [1.807, 2.05) is 0 Å². The van der Waals surface area contributed by atoms with Gasteiger partial charge in [0.2, 0.25) is 0 Å². The molecule has 0 spiro atoms. The Bertz CT molecular complexity index is 541. The van der Waals surface area contributed by atoms with Crippen molar-refractivity contribution in [3.63, 3.8) is 0 Å². The van der Waals surface area contributed by atoms with Gasteiger partial charge in [-0.15, -0.1) is 6.58 Å². The summed E-state index contributed by atoms with van der Waals surface area (Å²) in [5.74, 6) is 2.68. The molecule has 0 bridgehead atoms. The van der Waals surface area contributed by atoms with E-state index >= 15 is 0 Å². The van der Waals surface area contributed by atoms with E-state index < -0.39 is 20.8 Å². The van der Waals surface area contributed by atoms with Crippen LogP contribution in [0.1, 0.15) is 104 Å². The minimum absolute atomic E-state index is 0. The summed E-state index contributed by atoms with van der Waals surface area (Å²) in [6, 6.07) is 0. The normalized spacial score (nSPS) is 26.2. The molecule has 3 rings (SSSR count). The van der Waals surface area contributed by atoms with Crippen LogP contribution in [0.4, 0.5) is 0 Å². The molecule has 32 heavy (non-hydrogen) atoms. The van der Waals surface area contributed by atoms with E-state index in [0.29, 0.717) is 10.8 Å². The summed E-state index contributed by atoms with van der Waals surface area (Å²) in [5, 5.41) is 0. The number of halogens is 2. The molecule has 3 heteroatoms. The molecule has 0 saturated heterocycles. The fraction of sp³-hybridized carbons (Fsp3) is 0.724. The molecule has 3 aliphatic carbocycles. The molecule has 0 aromatic heterocycles. The van der Waals surface area contributed by atoms with Crippen LogP contribution in [0.2, 0.25) is 0 Å². The Hall–Kier alpha value is 0.683. The van der Waals surface area contributed by atoms with Crippen molar-refractivity contribution in [3.8, 4) is 0 Å². The van der Waals surface area contributed by atoms with Crippen LogP contribution < -0.4 is 0 Å². The third kappa shape index (κ3) is 7.85. The fourth-order valence-corrected chi connectivity index (χ4v) is 7.23. The van der Waals surface area contributed by atoms with Gasteiger partial charge in [0.1, 0.15) is 0 Å². The van der Waals surface area contributed by atoms with Gasteiger partial charge in [-0.1, -0.05) is 82.8 Å². The van der Waals surface area contributed by atoms with Crippen LogP contribution in [0.25, 0.3) is 0 Å². The van der Waals surface area contributed by atoms with E-state index in [1.54, 1.807) is 0 Å². The third-order valence-electron chi connectivity index (χ3n) is 8.59. The standard InChI is InChI=1S/C27H44.2CH3.2ClH.Zr/c1-4-7-18-26-19-13-12-16-24(26)25(17-22-26)27(20-8-5-2,21-9-6-3)23-14-10-11-15-23;;;;;/h4,12-13,16,19,23-25H,1,5-11,14-15,17-18,20-22H2,2-3H3;2*1H3;2*1H;/q;2*-1;;;+4/p-2. The van der Waals surface area contributed by atoms with Crippen LogP contribution in [0.15, 0.2) is 37.0 Å². The second kappa shape index (κ2) is 17.2. The van der Waals surface area contributed by atoms with Crippen LogP contribution in [0.5, 0.6) is 0 Å². The van der Waals surface area contributed by atoms with Gasteiger partial charge in [0.25, 0.3) is 0 Å². The first-order chi connectivity index (χ1) is 14.6. The van der Waals surface area contributed by atoms with Crippen molar-refractivity contribution in [1.82, 2.24) is 0 Å². The predicted molar refractivity (Wildman–Crippen MR) is 144 cm³/mol. The van der Waals surface area contributed by atoms with E-state index in [1.165, 1.54) is 89.9 Å². The second-order valence-electron chi connectivity index (χ2n) is 9.97. The van der Waals surface area contributed by atoms with Gasteiger partial charge in [-0.2, -0.15) is 0 Å². The molecule has 2 fully saturated rings. The number of rotatable bonds is 11. The van der Waals surface area contributed by atoms with Crippen molar-refractivity contribution in [2.45, 2.75) is 104 Å². The van der Waals surface area contributed by atoms with Crippen molar-refractivity contribution >= 4 is 17.0 Å². The SMILES string of the molecule is C=CCCC12C=CC=CC1C(C(CCCC)(CCCC)C1CCCC1)CC2.[CH3-].[CH3-].[Cl][Zr+2][Cl]. The molecule has 2 saturated carbocycles. The summed E-state index contributed by atoms with van der Waals surface area (Å²) in [6.07, 6.45) is 32.0. The summed E-state index contributed by atoms with van der Waals surface area (Å²) in [7, 11) is 9.87. The number of hydrogen-bond donors (Lipinski definition) is 0. The van der Waals surface area contributed by atoms with Crippen LogP contribution in [-0.2, 0) is 20.8 Å². The van der Waals surface area contributed by atoms with Crippen LogP contribution >= 0.6 is 17.0 Å². The Kier molecular flexibility index (Phi) is 17.5. The topological polar surface area (TPSA) is 0 Å². The number of fused-ring (bicyclic) bond motifs is 1. The van der Waals surface area contributed by atoms with Gasteiger partial charge in [-0.25, -0.2) is 0 Å². The Morgan fingerprint density at radius 2 is 1.62 bits per heavy atom. The predicted octanol–water partition coefficient (Wildman–Crippen LogP) is 10.9. The molecule has 0 heterocycles. The first kappa shape index (κ1) is 32.7. The van der Waals surface area contributed by atoms with Gasteiger partial charge in [0.15, 0.2) is 0 Å². The molecule has 184 valence electrons. The van der Waals surface area contributed by atoms with Crippen molar-refractivity contribution in [3.05, 3.63) is 51.8 Å². The second-order valence-corrected chi connectivity index (χ2v) is 13.7. The first-order valence-electron chi connectivity index (χ1n) is 12.6. The zero-order valence-corrected chi connectivity index (χ0v) is 25.5. The van der Waals surface area contributed by atoms with E-state index in [-0.39, 0.29) is 14.9 Å². The molecule has 0 amide bonds. The van der Waals surface area contributed by atoms with Gasteiger partial charge in [0, 0.05) is 0 Å². The maximum atomic E-state index is 4.93. The van der Waals surface area contributed by atoms with Gasteiger partial charge in [-0.3, -0.25) is 0 Å². The Morgan fingerprint density at radius 3 is 2.16 bits per heavy atom. The molecular formula is C29H50Cl2Zr. The Balaban J connectivity index is 0.00000182. The van der Waals surface area contributed by atoms with Crippen molar-refractivity contribution in [2.75, 3.05) is 0 Å². The van der Waals surface area contributed by atoms with Crippen LogP contribution in [-0.4, -0.2) is 0 Å². The molecule has 3 unspecified atom stereocenters. The fourth-order valence-electron chi connectivity index (χ4n) is 7.23. The molecule has 0 nitrogen and oxygen atoms in total. The Morgan fingerprint density at radius 1 is 1.03 bits per heavy atom. The summed E-state index contributed by atoms with van der Waals surface area (Å²) < 4.78 is 0. The monoisotopic (exact) mass is 558 g/mol. The molecule has 0 radical (unpaired) electrons. The van der Waals surface area contributed by atoms with E-state index in [2.05, 4.69) is 50.8 Å². The first-order valence-corrected chi connectivity index (χ1v) is 18.9. The molecule has 0 aromatic carbocycles. The quantitative estimate of drug-likeness (QED) is 0.174. The van der Waals surface area contributed by atoms with Crippen LogP contribution in [0.3, 0.4) is 0 Å². The molecule has 0 N–H and O–H groups in total. The van der Waals surface area contributed by atoms with Gasteiger partial charge in [0.05, 0.1) is 0 Å². The number of allylic oxidation sites excluding steroid dienone is 5. The van der Waals surface area contributed by atoms with E-state index in [0.717, 1.165) is 17.8 Å². The number of hydrogen-bond acceptors (Lipinski definition) is 0. The molecule has 3 aliphatic rings. The summed E-state index contributed by atoms with van der Waals surface area (Å²) in [5.41, 5.74) is 1.04. The number of unbranched alkanes of at least 4 members (excludes halogenated alkanes) is 2. The molecule has 3 atom stereocenters. The zero-order valence-electron chi connectivity index (χ0n) is 21.5. The van der Waals surface area contributed by atoms with Gasteiger partial charge < -0.3 is 14.9 Å². The zero-order chi connectivity index (χ0) is 21.9. The molecular weight excluding hydrogens is 510 g/mol. The summed E-state index contributed by atoms with van der Waals surface area (Å²) in [6.45, 7) is 8.81. The third-order valence-corrected chi connectivity index (χ3v) is 8.59. The van der Waals surface area contributed by atoms with E-state index in [4.69, 9.17) is 17.0 Å². The Labute approximate surface area is 220 Å². The average Bonchev–Trinajstić information content (AvgIpc) is 3.43. The van der Waals surface area contributed by atoms with Crippen molar-refractivity contribution in [1.29, 1.82) is 0 Å². The molecule has 0 aromatic rings. The van der Waals surface area contributed by atoms with Crippen molar-refractivity contribution in [2.24, 2.45) is 28.6 Å². The van der Waals surface area contributed by atoms with Gasteiger partial charge in [-0.05, 0) is 80.0 Å². The maximum absolute atomic E-state index is 4.93. The van der Waals surface area contributed by atoms with Crippen LogP contribution in [0, 0.1) is 43.4 Å². The van der Waals surface area contributed by atoms with Gasteiger partial charge >= 0.3 is 37.9 Å².